The summed E-state index contributed by atoms with van der Waals surface area (Å²) in [6.07, 6.45) is 1.53. The molecule has 1 aromatic heterocycles. The van der Waals surface area contributed by atoms with E-state index < -0.39 is 0 Å². The van der Waals surface area contributed by atoms with Gasteiger partial charge in [0.05, 0.1) is 17.2 Å². The normalized spacial score (nSPS) is 16.0. The monoisotopic (exact) mass is 285 g/mol. The molecule has 1 saturated heterocycles. The number of piperazine rings is 1. The summed E-state index contributed by atoms with van der Waals surface area (Å²) in [6, 6.07) is 7.54. The van der Waals surface area contributed by atoms with Crippen LogP contribution in [-0.4, -0.2) is 60.0 Å². The fourth-order valence-electron chi connectivity index (χ4n) is 2.42. The maximum Gasteiger partial charge on any atom is 0.271 e. The molecule has 0 radical (unpaired) electrons. The Morgan fingerprint density at radius 1 is 1.24 bits per heavy atom. The SMILES string of the molecule is O=C(NCCN1CCNCC1)c1cnc2ccccc2n1. The number of rotatable bonds is 4. The summed E-state index contributed by atoms with van der Waals surface area (Å²) in [6.45, 7) is 5.60. The van der Waals surface area contributed by atoms with Crippen molar-refractivity contribution in [3.63, 3.8) is 0 Å². The van der Waals surface area contributed by atoms with E-state index >= 15 is 0 Å². The van der Waals surface area contributed by atoms with E-state index in [1.165, 1.54) is 6.20 Å². The smallest absolute Gasteiger partial charge is 0.271 e. The molecule has 6 heteroatoms. The van der Waals surface area contributed by atoms with Crippen molar-refractivity contribution >= 4 is 16.9 Å². The van der Waals surface area contributed by atoms with Gasteiger partial charge in [-0.15, -0.1) is 0 Å². The lowest BCUT2D eigenvalue weighted by atomic mass is 10.3. The lowest BCUT2D eigenvalue weighted by Crippen LogP contribution is -2.46. The van der Waals surface area contributed by atoms with Crippen molar-refractivity contribution < 1.29 is 4.79 Å². The third-order valence-corrected chi connectivity index (χ3v) is 3.60. The number of nitrogens with one attached hydrogen (secondary N) is 2. The van der Waals surface area contributed by atoms with Crippen LogP contribution in [0.3, 0.4) is 0 Å². The molecule has 2 aromatic rings. The molecule has 0 bridgehead atoms. The molecular formula is C15H19N5O. The van der Waals surface area contributed by atoms with Crippen molar-refractivity contribution in [1.82, 2.24) is 25.5 Å². The number of para-hydroxylation sites is 2. The van der Waals surface area contributed by atoms with E-state index in [9.17, 15) is 4.79 Å². The van der Waals surface area contributed by atoms with Crippen molar-refractivity contribution in [2.45, 2.75) is 0 Å². The average molecular weight is 285 g/mol. The van der Waals surface area contributed by atoms with Gasteiger partial charge in [0.1, 0.15) is 5.69 Å². The fourth-order valence-corrected chi connectivity index (χ4v) is 2.42. The number of carbonyl (C=O) groups excluding carboxylic acids is 1. The molecule has 21 heavy (non-hydrogen) atoms. The van der Waals surface area contributed by atoms with Gasteiger partial charge in [0.25, 0.3) is 5.91 Å². The maximum absolute atomic E-state index is 12.1. The summed E-state index contributed by atoms with van der Waals surface area (Å²) < 4.78 is 0. The summed E-state index contributed by atoms with van der Waals surface area (Å²) in [7, 11) is 0. The minimum absolute atomic E-state index is 0.164. The van der Waals surface area contributed by atoms with E-state index in [4.69, 9.17) is 0 Å². The molecule has 0 aliphatic carbocycles. The Labute approximate surface area is 123 Å². The predicted octanol–water partition coefficient (Wildman–Crippen LogP) is 0.265. The van der Waals surface area contributed by atoms with Gasteiger partial charge in [0.2, 0.25) is 0 Å². The van der Waals surface area contributed by atoms with Gasteiger partial charge in [-0.1, -0.05) is 12.1 Å². The van der Waals surface area contributed by atoms with Gasteiger partial charge >= 0.3 is 0 Å². The molecule has 1 amide bonds. The topological polar surface area (TPSA) is 70.2 Å². The third-order valence-electron chi connectivity index (χ3n) is 3.60. The number of benzene rings is 1. The number of aromatic nitrogens is 2. The number of hydrogen-bond donors (Lipinski definition) is 2. The highest BCUT2D eigenvalue weighted by molar-refractivity contribution is 5.93. The van der Waals surface area contributed by atoms with Gasteiger partial charge in [-0.2, -0.15) is 0 Å². The molecule has 2 N–H and O–H groups in total. The van der Waals surface area contributed by atoms with Crippen LogP contribution in [0.1, 0.15) is 10.5 Å². The van der Waals surface area contributed by atoms with Crippen molar-refractivity contribution in [3.05, 3.63) is 36.2 Å². The van der Waals surface area contributed by atoms with Crippen LogP contribution in [0, 0.1) is 0 Å². The zero-order valence-electron chi connectivity index (χ0n) is 11.9. The van der Waals surface area contributed by atoms with Crippen molar-refractivity contribution in [2.24, 2.45) is 0 Å². The molecule has 2 heterocycles. The van der Waals surface area contributed by atoms with Gasteiger partial charge in [0.15, 0.2) is 0 Å². The summed E-state index contributed by atoms with van der Waals surface area (Å²) in [5, 5.41) is 6.22. The maximum atomic E-state index is 12.1. The predicted molar refractivity (Wildman–Crippen MR) is 81.2 cm³/mol. The number of nitrogens with zero attached hydrogens (tertiary/aromatic N) is 3. The van der Waals surface area contributed by atoms with E-state index in [1.54, 1.807) is 0 Å². The Bertz CT molecular complexity index is 624. The molecule has 0 atom stereocenters. The number of fused-ring (bicyclic) bond motifs is 1. The Balaban J connectivity index is 1.56. The number of hydrogen-bond acceptors (Lipinski definition) is 5. The second kappa shape index (κ2) is 6.60. The Hall–Kier alpha value is -2.05. The van der Waals surface area contributed by atoms with Crippen LogP contribution < -0.4 is 10.6 Å². The zero-order valence-corrected chi connectivity index (χ0v) is 11.9. The van der Waals surface area contributed by atoms with Crippen molar-refractivity contribution in [2.75, 3.05) is 39.3 Å². The van der Waals surface area contributed by atoms with Crippen LogP contribution in [0.5, 0.6) is 0 Å². The van der Waals surface area contributed by atoms with Crippen LogP contribution in [0.4, 0.5) is 0 Å². The largest absolute Gasteiger partial charge is 0.349 e. The first-order chi connectivity index (χ1) is 10.3. The molecule has 3 rings (SSSR count). The molecule has 6 nitrogen and oxygen atoms in total. The Morgan fingerprint density at radius 2 is 2.00 bits per heavy atom. The minimum Gasteiger partial charge on any atom is -0.349 e. The lowest BCUT2D eigenvalue weighted by Gasteiger charge is -2.27. The highest BCUT2D eigenvalue weighted by Crippen LogP contribution is 2.08. The Kier molecular flexibility index (Phi) is 4.37. The molecule has 0 spiro atoms. The molecule has 0 saturated carbocycles. The molecule has 1 aliphatic rings. The first kappa shape index (κ1) is 13.9. The summed E-state index contributed by atoms with van der Waals surface area (Å²) in [5.74, 6) is -0.164. The molecular weight excluding hydrogens is 266 g/mol. The van der Waals surface area contributed by atoms with Crippen LogP contribution >= 0.6 is 0 Å². The van der Waals surface area contributed by atoms with Gasteiger partial charge < -0.3 is 10.6 Å². The van der Waals surface area contributed by atoms with Gasteiger partial charge in [0, 0.05) is 39.3 Å². The molecule has 1 fully saturated rings. The first-order valence-corrected chi connectivity index (χ1v) is 7.26. The fraction of sp³-hybridized carbons (Fsp3) is 0.400. The van der Waals surface area contributed by atoms with E-state index in [2.05, 4.69) is 25.5 Å². The summed E-state index contributed by atoms with van der Waals surface area (Å²) in [4.78, 5) is 23.0. The Morgan fingerprint density at radius 3 is 2.81 bits per heavy atom. The van der Waals surface area contributed by atoms with E-state index in [0.717, 1.165) is 43.8 Å². The van der Waals surface area contributed by atoms with Crippen LogP contribution in [0.2, 0.25) is 0 Å². The van der Waals surface area contributed by atoms with Gasteiger partial charge in [-0.3, -0.25) is 14.7 Å². The van der Waals surface area contributed by atoms with E-state index in [0.29, 0.717) is 12.2 Å². The minimum atomic E-state index is -0.164. The van der Waals surface area contributed by atoms with Gasteiger partial charge in [-0.05, 0) is 12.1 Å². The molecule has 1 aromatic carbocycles. The second-order valence-corrected chi connectivity index (χ2v) is 5.09. The average Bonchev–Trinajstić information content (AvgIpc) is 2.55. The number of amides is 1. The first-order valence-electron chi connectivity index (χ1n) is 7.26. The second-order valence-electron chi connectivity index (χ2n) is 5.09. The summed E-state index contributed by atoms with van der Waals surface area (Å²) in [5.41, 5.74) is 1.91. The zero-order chi connectivity index (χ0) is 14.5. The van der Waals surface area contributed by atoms with E-state index in [1.807, 2.05) is 24.3 Å². The van der Waals surface area contributed by atoms with Crippen molar-refractivity contribution in [3.8, 4) is 0 Å². The molecule has 110 valence electrons. The van der Waals surface area contributed by atoms with Crippen LogP contribution in [0.15, 0.2) is 30.5 Å². The molecule has 0 unspecified atom stereocenters. The standard InChI is InChI=1S/C15H19N5O/c21-15(17-7-10-20-8-5-16-6-9-20)14-11-18-12-3-1-2-4-13(12)19-14/h1-4,11,16H,5-10H2,(H,17,21). The van der Waals surface area contributed by atoms with Crippen LogP contribution in [-0.2, 0) is 0 Å². The highest BCUT2D eigenvalue weighted by Gasteiger charge is 2.11. The van der Waals surface area contributed by atoms with Crippen molar-refractivity contribution in [1.29, 1.82) is 0 Å². The third kappa shape index (κ3) is 3.53. The van der Waals surface area contributed by atoms with Gasteiger partial charge in [-0.25, -0.2) is 4.98 Å². The van der Waals surface area contributed by atoms with Crippen LogP contribution in [0.25, 0.3) is 11.0 Å². The van der Waals surface area contributed by atoms with E-state index in [-0.39, 0.29) is 5.91 Å². The quantitative estimate of drug-likeness (QED) is 0.843. The lowest BCUT2D eigenvalue weighted by molar-refractivity contribution is 0.0942. The highest BCUT2D eigenvalue weighted by atomic mass is 16.1. The molecule has 1 aliphatic heterocycles. The summed E-state index contributed by atoms with van der Waals surface area (Å²) >= 11 is 0. The number of carbonyl (C=O) groups is 1.